The van der Waals surface area contributed by atoms with Gasteiger partial charge >= 0.3 is 5.97 Å². The van der Waals surface area contributed by atoms with Gasteiger partial charge in [0.05, 0.1) is 17.9 Å². The third kappa shape index (κ3) is 6.34. The number of anilines is 2. The van der Waals surface area contributed by atoms with Crippen LogP contribution in [-0.4, -0.2) is 78.0 Å². The Morgan fingerprint density at radius 2 is 1.82 bits per heavy atom. The van der Waals surface area contributed by atoms with Crippen LogP contribution in [0.3, 0.4) is 0 Å². The molecule has 1 saturated heterocycles. The monoisotopic (exact) mass is 490 g/mol. The van der Waals surface area contributed by atoms with Crippen molar-refractivity contribution in [1.82, 2.24) is 14.9 Å². The van der Waals surface area contributed by atoms with Gasteiger partial charge in [0.1, 0.15) is 12.2 Å². The van der Waals surface area contributed by atoms with Crippen molar-refractivity contribution in [2.24, 2.45) is 5.73 Å². The van der Waals surface area contributed by atoms with Gasteiger partial charge in [-0.15, -0.1) is 12.4 Å². The lowest BCUT2D eigenvalue weighted by molar-refractivity contribution is -0.141. The van der Waals surface area contributed by atoms with Crippen LogP contribution in [-0.2, 0) is 9.53 Å². The quantitative estimate of drug-likeness (QED) is 0.555. The molecular weight excluding hydrogens is 460 g/mol. The van der Waals surface area contributed by atoms with Crippen LogP contribution < -0.4 is 15.5 Å². The van der Waals surface area contributed by atoms with Crippen LogP contribution in [0, 0.1) is 0 Å². The number of pyridine rings is 2. The van der Waals surface area contributed by atoms with Crippen LogP contribution in [0.15, 0.2) is 36.7 Å². The van der Waals surface area contributed by atoms with Crippen LogP contribution in [0.25, 0.3) is 0 Å². The molecule has 0 radical (unpaired) electrons. The predicted molar refractivity (Wildman–Crippen MR) is 131 cm³/mol. The summed E-state index contributed by atoms with van der Waals surface area (Å²) in [6, 6.07) is 6.88. The zero-order valence-corrected chi connectivity index (χ0v) is 20.5. The Morgan fingerprint density at radius 3 is 2.38 bits per heavy atom. The van der Waals surface area contributed by atoms with Crippen molar-refractivity contribution >= 4 is 41.7 Å². The molecular formula is C23H31ClN6O4. The van der Waals surface area contributed by atoms with Crippen molar-refractivity contribution < 1.29 is 19.1 Å². The molecule has 10 nitrogen and oxygen atoms in total. The first-order chi connectivity index (χ1) is 15.8. The summed E-state index contributed by atoms with van der Waals surface area (Å²) in [4.78, 5) is 50.7. The minimum atomic E-state index is -0.584. The van der Waals surface area contributed by atoms with E-state index in [1.807, 2.05) is 30.9 Å². The number of hydrogen-bond acceptors (Lipinski definition) is 8. The van der Waals surface area contributed by atoms with Gasteiger partial charge in [0.15, 0.2) is 5.82 Å². The summed E-state index contributed by atoms with van der Waals surface area (Å²) >= 11 is 0. The molecule has 184 valence electrons. The number of primary amides is 1. The number of aromatic nitrogens is 2. The number of piperazine rings is 1. The van der Waals surface area contributed by atoms with E-state index in [0.717, 1.165) is 11.5 Å². The molecule has 1 fully saturated rings. The van der Waals surface area contributed by atoms with Crippen molar-refractivity contribution in [3.05, 3.63) is 47.9 Å². The number of nitrogens with zero attached hydrogens (tertiary/aromatic N) is 5. The molecule has 0 atom stereocenters. The van der Waals surface area contributed by atoms with E-state index in [9.17, 15) is 14.4 Å². The molecule has 0 spiro atoms. The zero-order valence-electron chi connectivity index (χ0n) is 19.6. The van der Waals surface area contributed by atoms with Gasteiger partial charge in [-0.2, -0.15) is 0 Å². The molecule has 1 aliphatic heterocycles. The number of rotatable bonds is 8. The van der Waals surface area contributed by atoms with Crippen molar-refractivity contribution in [2.75, 3.05) is 49.1 Å². The average Bonchev–Trinajstić information content (AvgIpc) is 2.82. The number of amides is 2. The van der Waals surface area contributed by atoms with E-state index < -0.39 is 5.91 Å². The molecule has 2 amide bonds. The summed E-state index contributed by atoms with van der Waals surface area (Å²) < 4.78 is 5.14. The van der Waals surface area contributed by atoms with Gasteiger partial charge in [0.25, 0.3) is 5.91 Å². The molecule has 11 heteroatoms. The van der Waals surface area contributed by atoms with E-state index in [-0.39, 0.29) is 48.1 Å². The summed E-state index contributed by atoms with van der Waals surface area (Å²) in [7, 11) is 0. The molecule has 0 bridgehead atoms. The summed E-state index contributed by atoms with van der Waals surface area (Å²) in [6.07, 6.45) is 3.04. The van der Waals surface area contributed by atoms with Gasteiger partial charge in [0.2, 0.25) is 5.91 Å². The van der Waals surface area contributed by atoms with E-state index in [1.165, 1.54) is 18.3 Å². The second-order valence-corrected chi connectivity index (χ2v) is 7.95. The van der Waals surface area contributed by atoms with E-state index in [1.54, 1.807) is 18.0 Å². The number of carbonyl (C=O) groups excluding carboxylic acids is 3. The maximum Gasteiger partial charge on any atom is 0.325 e. The van der Waals surface area contributed by atoms with Crippen LogP contribution >= 0.6 is 12.4 Å². The molecule has 2 aromatic rings. The third-order valence-corrected chi connectivity index (χ3v) is 5.44. The van der Waals surface area contributed by atoms with Gasteiger partial charge in [-0.1, -0.05) is 0 Å². The topological polar surface area (TPSA) is 122 Å². The first-order valence-electron chi connectivity index (χ1n) is 11.0. The number of carbonyl (C=O) groups is 3. The SMILES string of the molecule is CCOC(=O)CN(c1cccnc1N1CCN(C(=O)c2ccc(C(N)=O)cn2)CC1)C(C)C.Cl. The van der Waals surface area contributed by atoms with Gasteiger partial charge in [0, 0.05) is 44.6 Å². The fourth-order valence-corrected chi connectivity index (χ4v) is 3.70. The Hall–Kier alpha value is -3.40. The molecule has 1 aliphatic rings. The largest absolute Gasteiger partial charge is 0.465 e. The molecule has 3 heterocycles. The van der Waals surface area contributed by atoms with Crippen molar-refractivity contribution in [3.63, 3.8) is 0 Å². The summed E-state index contributed by atoms with van der Waals surface area (Å²) in [6.45, 7) is 8.44. The van der Waals surface area contributed by atoms with Gasteiger partial charge in [-0.25, -0.2) is 4.98 Å². The van der Waals surface area contributed by atoms with Gasteiger partial charge in [-0.3, -0.25) is 19.4 Å². The Balaban J connectivity index is 0.00000408. The van der Waals surface area contributed by atoms with Crippen LogP contribution in [0.5, 0.6) is 0 Å². The molecule has 34 heavy (non-hydrogen) atoms. The van der Waals surface area contributed by atoms with E-state index in [4.69, 9.17) is 10.5 Å². The van der Waals surface area contributed by atoms with Gasteiger partial charge < -0.3 is 25.2 Å². The highest BCUT2D eigenvalue weighted by atomic mass is 35.5. The van der Waals surface area contributed by atoms with E-state index >= 15 is 0 Å². The predicted octanol–water partition coefficient (Wildman–Crippen LogP) is 1.74. The fourth-order valence-electron chi connectivity index (χ4n) is 3.70. The second-order valence-electron chi connectivity index (χ2n) is 7.95. The highest BCUT2D eigenvalue weighted by molar-refractivity contribution is 5.95. The van der Waals surface area contributed by atoms with Crippen molar-refractivity contribution in [2.45, 2.75) is 26.8 Å². The summed E-state index contributed by atoms with van der Waals surface area (Å²) in [5.74, 6) is -0.296. The Morgan fingerprint density at radius 1 is 1.12 bits per heavy atom. The maximum absolute atomic E-state index is 12.8. The Bertz CT molecular complexity index is 993. The highest BCUT2D eigenvalue weighted by Gasteiger charge is 2.27. The van der Waals surface area contributed by atoms with Crippen molar-refractivity contribution in [3.8, 4) is 0 Å². The number of nitrogens with two attached hydrogens (primary N) is 1. The highest BCUT2D eigenvalue weighted by Crippen LogP contribution is 2.29. The first kappa shape index (κ1) is 26.8. The average molecular weight is 491 g/mol. The standard InChI is InChI=1S/C23H30N6O4.ClH/c1-4-33-20(30)15-29(16(2)3)19-6-5-9-25-22(19)27-10-12-28(13-11-27)23(32)18-8-7-17(14-26-18)21(24)31;/h5-9,14,16H,4,10-13,15H2,1-3H3,(H2,24,31);1H. The minimum Gasteiger partial charge on any atom is -0.465 e. The Kier molecular flexibility index (Phi) is 9.61. The molecule has 2 N–H and O–H groups in total. The summed E-state index contributed by atoms with van der Waals surface area (Å²) in [5, 5.41) is 0. The molecule has 0 aliphatic carbocycles. The molecule has 0 saturated carbocycles. The lowest BCUT2D eigenvalue weighted by atomic mass is 10.2. The Labute approximate surface area is 205 Å². The maximum atomic E-state index is 12.8. The van der Waals surface area contributed by atoms with Gasteiger partial charge in [-0.05, 0) is 45.0 Å². The first-order valence-corrected chi connectivity index (χ1v) is 11.0. The van der Waals surface area contributed by atoms with E-state index in [2.05, 4.69) is 14.9 Å². The zero-order chi connectivity index (χ0) is 24.0. The minimum absolute atomic E-state index is 0. The second kappa shape index (κ2) is 12.2. The lowest BCUT2D eigenvalue weighted by Crippen LogP contribution is -2.49. The molecule has 3 rings (SSSR count). The molecule has 2 aromatic heterocycles. The fraction of sp³-hybridized carbons (Fsp3) is 0.435. The molecule has 0 unspecified atom stereocenters. The van der Waals surface area contributed by atoms with Crippen molar-refractivity contribution in [1.29, 1.82) is 0 Å². The third-order valence-electron chi connectivity index (χ3n) is 5.44. The lowest BCUT2D eigenvalue weighted by Gasteiger charge is -2.38. The number of halogens is 1. The summed E-state index contributed by atoms with van der Waals surface area (Å²) in [5.41, 5.74) is 6.61. The van der Waals surface area contributed by atoms with Crippen LogP contribution in [0.1, 0.15) is 41.6 Å². The number of esters is 1. The van der Waals surface area contributed by atoms with Crippen LogP contribution in [0.4, 0.5) is 11.5 Å². The normalized spacial score (nSPS) is 13.3. The van der Waals surface area contributed by atoms with Crippen LogP contribution in [0.2, 0.25) is 0 Å². The molecule has 0 aromatic carbocycles. The van der Waals surface area contributed by atoms with E-state index in [0.29, 0.717) is 32.8 Å². The number of ether oxygens (including phenoxy) is 1. The number of hydrogen-bond donors (Lipinski definition) is 1. The smallest absolute Gasteiger partial charge is 0.325 e.